The molecule has 0 atom stereocenters. The first-order chi connectivity index (χ1) is 9.11. The van der Waals surface area contributed by atoms with Crippen LogP contribution in [0.5, 0.6) is 0 Å². The van der Waals surface area contributed by atoms with Crippen LogP contribution in [0.3, 0.4) is 0 Å². The number of hydrogen-bond donors (Lipinski definition) is 1. The van der Waals surface area contributed by atoms with Gasteiger partial charge < -0.3 is 5.32 Å². The largest absolute Gasteiger partial charge is 0.310 e. The highest BCUT2D eigenvalue weighted by Crippen LogP contribution is 2.30. The smallest absolute Gasteiger partial charge is 0.124 e. The van der Waals surface area contributed by atoms with Crippen LogP contribution in [0.25, 0.3) is 10.6 Å². The third kappa shape index (κ3) is 3.43. The van der Waals surface area contributed by atoms with Crippen molar-refractivity contribution in [2.24, 2.45) is 0 Å². The zero-order valence-electron chi connectivity index (χ0n) is 12.2. The monoisotopic (exact) mass is 274 g/mol. The van der Waals surface area contributed by atoms with Crippen LogP contribution in [0.4, 0.5) is 0 Å². The second kappa shape index (κ2) is 6.31. The molecule has 1 aromatic heterocycles. The molecule has 2 nitrogen and oxygen atoms in total. The fraction of sp³-hybridized carbons (Fsp3) is 0.438. The van der Waals surface area contributed by atoms with E-state index in [0.717, 1.165) is 18.0 Å². The number of aromatic nitrogens is 1. The molecule has 0 amide bonds. The van der Waals surface area contributed by atoms with Crippen molar-refractivity contribution in [3.8, 4) is 10.6 Å². The van der Waals surface area contributed by atoms with Crippen molar-refractivity contribution in [3.05, 3.63) is 40.4 Å². The minimum absolute atomic E-state index is 0.508. The normalized spacial score (nSPS) is 11.2. The molecule has 0 saturated carbocycles. The molecule has 0 fully saturated rings. The summed E-state index contributed by atoms with van der Waals surface area (Å²) in [6, 6.07) is 8.98. The van der Waals surface area contributed by atoms with E-state index in [1.54, 1.807) is 0 Å². The molecule has 0 saturated heterocycles. The van der Waals surface area contributed by atoms with E-state index >= 15 is 0 Å². The Morgan fingerprint density at radius 1 is 1.26 bits per heavy atom. The van der Waals surface area contributed by atoms with Crippen LogP contribution in [0, 0.1) is 6.92 Å². The highest BCUT2D eigenvalue weighted by molar-refractivity contribution is 7.15. The molecule has 2 aromatic rings. The molecule has 0 spiro atoms. The number of benzene rings is 1. The molecule has 102 valence electrons. The quantitative estimate of drug-likeness (QED) is 0.884. The summed E-state index contributed by atoms with van der Waals surface area (Å²) >= 11 is 1.82. The van der Waals surface area contributed by atoms with Gasteiger partial charge in [-0.25, -0.2) is 4.98 Å². The Hall–Kier alpha value is -1.19. The zero-order chi connectivity index (χ0) is 13.8. The van der Waals surface area contributed by atoms with Crippen LogP contribution in [-0.2, 0) is 13.0 Å². The molecule has 0 aliphatic heterocycles. The van der Waals surface area contributed by atoms with E-state index in [-0.39, 0.29) is 0 Å². The van der Waals surface area contributed by atoms with Gasteiger partial charge in [-0.05, 0) is 18.9 Å². The fourth-order valence-corrected chi connectivity index (χ4v) is 3.21. The van der Waals surface area contributed by atoms with Crippen LogP contribution in [0.2, 0.25) is 0 Å². The Morgan fingerprint density at radius 3 is 2.63 bits per heavy atom. The van der Waals surface area contributed by atoms with Gasteiger partial charge in [0.25, 0.3) is 0 Å². The predicted octanol–water partition coefficient (Wildman–Crippen LogP) is 4.18. The molecule has 0 unspecified atom stereocenters. The Morgan fingerprint density at radius 2 is 2.00 bits per heavy atom. The lowest BCUT2D eigenvalue weighted by atomic mass is 10.1. The van der Waals surface area contributed by atoms with E-state index in [2.05, 4.69) is 57.3 Å². The van der Waals surface area contributed by atoms with Crippen molar-refractivity contribution < 1.29 is 0 Å². The summed E-state index contributed by atoms with van der Waals surface area (Å²) in [5.41, 5.74) is 3.79. The van der Waals surface area contributed by atoms with Crippen LogP contribution in [0.1, 0.15) is 36.9 Å². The first-order valence-corrected chi connectivity index (χ1v) is 7.71. The van der Waals surface area contributed by atoms with Crippen molar-refractivity contribution in [2.75, 3.05) is 0 Å². The summed E-state index contributed by atoms with van der Waals surface area (Å²) in [7, 11) is 0. The summed E-state index contributed by atoms with van der Waals surface area (Å²) in [6.07, 6.45) is 0.998. The molecule has 0 aliphatic carbocycles. The molecule has 0 radical (unpaired) electrons. The maximum Gasteiger partial charge on any atom is 0.124 e. The Kier molecular flexibility index (Phi) is 4.72. The molecular weight excluding hydrogens is 252 g/mol. The van der Waals surface area contributed by atoms with Crippen molar-refractivity contribution in [1.82, 2.24) is 10.3 Å². The van der Waals surface area contributed by atoms with Gasteiger partial charge >= 0.3 is 0 Å². The molecule has 0 aliphatic rings. The van der Waals surface area contributed by atoms with Crippen molar-refractivity contribution in [2.45, 2.75) is 46.7 Å². The molecule has 1 N–H and O–H groups in total. The minimum atomic E-state index is 0.508. The Labute approximate surface area is 119 Å². The number of rotatable bonds is 5. The summed E-state index contributed by atoms with van der Waals surface area (Å²) < 4.78 is 0. The molecule has 3 heteroatoms. The molecule has 2 rings (SSSR count). The van der Waals surface area contributed by atoms with Gasteiger partial charge in [0.05, 0.1) is 5.69 Å². The van der Waals surface area contributed by atoms with Crippen molar-refractivity contribution >= 4 is 11.3 Å². The van der Waals surface area contributed by atoms with Crippen LogP contribution < -0.4 is 5.32 Å². The van der Waals surface area contributed by atoms with Crippen LogP contribution in [0.15, 0.2) is 24.3 Å². The molecule has 1 heterocycles. The third-order valence-electron chi connectivity index (χ3n) is 3.16. The molecule has 0 bridgehead atoms. The first-order valence-electron chi connectivity index (χ1n) is 6.89. The lowest BCUT2D eigenvalue weighted by Gasteiger charge is -2.06. The lowest BCUT2D eigenvalue weighted by Crippen LogP contribution is -2.21. The van der Waals surface area contributed by atoms with Crippen LogP contribution >= 0.6 is 11.3 Å². The van der Waals surface area contributed by atoms with E-state index in [0.29, 0.717) is 6.04 Å². The second-order valence-electron chi connectivity index (χ2n) is 5.09. The number of hydrogen-bond acceptors (Lipinski definition) is 3. The zero-order valence-corrected chi connectivity index (χ0v) is 13.0. The van der Waals surface area contributed by atoms with Gasteiger partial charge in [0.15, 0.2) is 0 Å². The molecule has 1 aromatic carbocycles. The predicted molar refractivity (Wildman–Crippen MR) is 83.6 cm³/mol. The Bertz CT molecular complexity index is 543. The molecular formula is C16H22N2S. The van der Waals surface area contributed by atoms with E-state index in [1.807, 2.05) is 11.3 Å². The number of nitrogens with one attached hydrogen (secondary N) is 1. The third-order valence-corrected chi connectivity index (χ3v) is 4.29. The Balaban J connectivity index is 2.31. The number of thiazole rings is 1. The summed E-state index contributed by atoms with van der Waals surface area (Å²) in [5, 5.41) is 4.63. The minimum Gasteiger partial charge on any atom is -0.310 e. The maximum absolute atomic E-state index is 4.82. The van der Waals surface area contributed by atoms with Gasteiger partial charge in [0.1, 0.15) is 5.01 Å². The first kappa shape index (κ1) is 14.2. The fourth-order valence-electron chi connectivity index (χ4n) is 2.02. The van der Waals surface area contributed by atoms with Gasteiger partial charge in [0.2, 0.25) is 0 Å². The topological polar surface area (TPSA) is 24.9 Å². The maximum atomic E-state index is 4.82. The second-order valence-corrected chi connectivity index (χ2v) is 6.18. The van der Waals surface area contributed by atoms with E-state index in [1.165, 1.54) is 21.7 Å². The van der Waals surface area contributed by atoms with Gasteiger partial charge in [-0.2, -0.15) is 0 Å². The van der Waals surface area contributed by atoms with E-state index in [9.17, 15) is 0 Å². The van der Waals surface area contributed by atoms with Gasteiger partial charge in [0, 0.05) is 23.0 Å². The summed E-state index contributed by atoms with van der Waals surface area (Å²) in [6.45, 7) is 9.60. The standard InChI is InChI=1S/C16H22N2S/c1-5-14-15(10-17-11(2)3)19-16(18-14)13-9-7-6-8-12(13)4/h6-9,11,17H,5,10H2,1-4H3. The van der Waals surface area contributed by atoms with Gasteiger partial charge in [-0.1, -0.05) is 45.0 Å². The SMILES string of the molecule is CCc1nc(-c2ccccc2C)sc1CNC(C)C. The highest BCUT2D eigenvalue weighted by atomic mass is 32.1. The van der Waals surface area contributed by atoms with Gasteiger partial charge in [-0.15, -0.1) is 11.3 Å². The van der Waals surface area contributed by atoms with Crippen molar-refractivity contribution in [3.63, 3.8) is 0 Å². The van der Waals surface area contributed by atoms with Gasteiger partial charge in [-0.3, -0.25) is 0 Å². The average molecular weight is 274 g/mol. The highest BCUT2D eigenvalue weighted by Gasteiger charge is 2.12. The van der Waals surface area contributed by atoms with E-state index in [4.69, 9.17) is 4.98 Å². The lowest BCUT2D eigenvalue weighted by molar-refractivity contribution is 0.590. The number of nitrogens with zero attached hydrogens (tertiary/aromatic N) is 1. The van der Waals surface area contributed by atoms with Crippen LogP contribution in [-0.4, -0.2) is 11.0 Å². The van der Waals surface area contributed by atoms with E-state index < -0.39 is 0 Å². The average Bonchev–Trinajstić information content (AvgIpc) is 2.80. The molecule has 19 heavy (non-hydrogen) atoms. The van der Waals surface area contributed by atoms with Crippen molar-refractivity contribution in [1.29, 1.82) is 0 Å². The summed E-state index contributed by atoms with van der Waals surface area (Å²) in [5.74, 6) is 0. The summed E-state index contributed by atoms with van der Waals surface area (Å²) in [4.78, 5) is 6.19. The number of aryl methyl sites for hydroxylation is 2.